The molecular weight excluding hydrogens is 520 g/mol. The molecule has 0 aliphatic rings. The van der Waals surface area contributed by atoms with Crippen molar-refractivity contribution < 1.29 is 57.8 Å². The van der Waals surface area contributed by atoms with Crippen LogP contribution in [0.4, 0.5) is 21.0 Å². The Bertz CT molecular complexity index is 1060. The number of carbonyl (C=O) groups is 4. The Kier molecular flexibility index (Phi) is 13.4. The van der Waals surface area contributed by atoms with Crippen molar-refractivity contribution in [3.8, 4) is 11.5 Å². The van der Waals surface area contributed by atoms with Crippen molar-refractivity contribution in [3.05, 3.63) is 48.5 Å². The first-order valence-electron chi connectivity index (χ1n) is 11.7. The number of rotatable bonds is 15. The number of esters is 2. The molecule has 2 rings (SSSR count). The lowest BCUT2D eigenvalue weighted by Gasteiger charge is -2.14. The van der Waals surface area contributed by atoms with Crippen LogP contribution in [0.3, 0.4) is 0 Å². The first-order chi connectivity index (χ1) is 18.8. The van der Waals surface area contributed by atoms with Gasteiger partial charge in [0.2, 0.25) is 0 Å². The van der Waals surface area contributed by atoms with Crippen LogP contribution in [0.2, 0.25) is 0 Å². The maximum atomic E-state index is 12.1. The number of anilines is 2. The summed E-state index contributed by atoms with van der Waals surface area (Å²) in [5.74, 6) is -0.656. The quantitative estimate of drug-likeness (QED) is 0.143. The second kappa shape index (κ2) is 17.0. The second-order valence-electron chi connectivity index (χ2n) is 7.45. The standard InChI is InChI=1S/C25H30N2O12/c1-17(39-21-8-4-19(5-9-21)27-25(33)37-13-11-29)23(31)35-15-14-34-22(30)16-38-20-6-2-18(3-7-20)26-24(32)36-12-10-28/h2-9,17,28-29H,10-16H2,1H3,(H,26,32)(H,27,33). The molecule has 0 aromatic heterocycles. The zero-order chi connectivity index (χ0) is 28.5. The molecular formula is C25H30N2O12. The number of carbonyl (C=O) groups excluding carboxylic acids is 4. The number of aliphatic hydroxyl groups is 2. The summed E-state index contributed by atoms with van der Waals surface area (Å²) >= 11 is 0. The van der Waals surface area contributed by atoms with E-state index in [2.05, 4.69) is 20.1 Å². The van der Waals surface area contributed by atoms with Gasteiger partial charge in [-0.25, -0.2) is 19.2 Å². The molecule has 14 nitrogen and oxygen atoms in total. The van der Waals surface area contributed by atoms with E-state index in [1.54, 1.807) is 0 Å². The third kappa shape index (κ3) is 12.5. The van der Waals surface area contributed by atoms with Gasteiger partial charge in [-0.1, -0.05) is 0 Å². The molecule has 0 spiro atoms. The van der Waals surface area contributed by atoms with Crippen LogP contribution in [0, 0.1) is 0 Å². The van der Waals surface area contributed by atoms with Crippen LogP contribution in [0.5, 0.6) is 11.5 Å². The zero-order valence-electron chi connectivity index (χ0n) is 21.1. The Morgan fingerprint density at radius 3 is 1.69 bits per heavy atom. The summed E-state index contributed by atoms with van der Waals surface area (Å²) in [5, 5.41) is 22.2. The molecule has 0 aliphatic heterocycles. The smallest absolute Gasteiger partial charge is 0.411 e. The van der Waals surface area contributed by atoms with Gasteiger partial charge >= 0.3 is 24.1 Å². The van der Waals surface area contributed by atoms with Crippen molar-refractivity contribution in [2.45, 2.75) is 13.0 Å². The lowest BCUT2D eigenvalue weighted by molar-refractivity contribution is -0.157. The molecule has 4 N–H and O–H groups in total. The van der Waals surface area contributed by atoms with E-state index in [0.717, 1.165) is 0 Å². The van der Waals surface area contributed by atoms with Gasteiger partial charge in [0.15, 0.2) is 12.7 Å². The number of amides is 2. The summed E-state index contributed by atoms with van der Waals surface area (Å²) in [5.41, 5.74) is 0.857. The third-order valence-corrected chi connectivity index (χ3v) is 4.44. The van der Waals surface area contributed by atoms with Crippen LogP contribution in [0.15, 0.2) is 48.5 Å². The van der Waals surface area contributed by atoms with Gasteiger partial charge in [-0.2, -0.15) is 0 Å². The van der Waals surface area contributed by atoms with Gasteiger partial charge in [0.05, 0.1) is 13.2 Å². The largest absolute Gasteiger partial charge is 0.482 e. The Hall–Kier alpha value is -4.56. The fourth-order valence-corrected chi connectivity index (χ4v) is 2.69. The van der Waals surface area contributed by atoms with Gasteiger partial charge in [0.25, 0.3) is 0 Å². The molecule has 1 atom stereocenters. The molecule has 0 bridgehead atoms. The third-order valence-electron chi connectivity index (χ3n) is 4.44. The maximum Gasteiger partial charge on any atom is 0.411 e. The highest BCUT2D eigenvalue weighted by Gasteiger charge is 2.17. The molecule has 0 saturated carbocycles. The summed E-state index contributed by atoms with van der Waals surface area (Å²) in [6, 6.07) is 12.3. The molecule has 0 radical (unpaired) electrons. The van der Waals surface area contributed by atoms with Crippen LogP contribution < -0.4 is 20.1 Å². The number of hydrogen-bond acceptors (Lipinski definition) is 12. The van der Waals surface area contributed by atoms with Gasteiger partial charge in [0, 0.05) is 11.4 Å². The molecule has 212 valence electrons. The van der Waals surface area contributed by atoms with E-state index in [1.807, 2.05) is 0 Å². The van der Waals surface area contributed by atoms with Crippen molar-refractivity contribution in [1.82, 2.24) is 0 Å². The number of ether oxygens (including phenoxy) is 6. The number of nitrogens with one attached hydrogen (secondary N) is 2. The fraction of sp³-hybridized carbons (Fsp3) is 0.360. The van der Waals surface area contributed by atoms with Gasteiger partial charge in [-0.3, -0.25) is 10.6 Å². The van der Waals surface area contributed by atoms with Crippen LogP contribution >= 0.6 is 0 Å². The first kappa shape index (κ1) is 30.7. The van der Waals surface area contributed by atoms with E-state index in [9.17, 15) is 19.2 Å². The molecule has 1 unspecified atom stereocenters. The zero-order valence-corrected chi connectivity index (χ0v) is 21.1. The van der Waals surface area contributed by atoms with E-state index in [4.69, 9.17) is 29.2 Å². The molecule has 2 amide bonds. The maximum absolute atomic E-state index is 12.1. The van der Waals surface area contributed by atoms with Crippen molar-refractivity contribution in [3.63, 3.8) is 0 Å². The average Bonchev–Trinajstić information content (AvgIpc) is 2.93. The molecule has 0 saturated heterocycles. The number of aliphatic hydroxyl groups excluding tert-OH is 2. The Morgan fingerprint density at radius 1 is 0.692 bits per heavy atom. The number of benzene rings is 2. The molecule has 0 heterocycles. The molecule has 0 aliphatic carbocycles. The summed E-state index contributed by atoms with van der Waals surface area (Å²) in [7, 11) is 0. The SMILES string of the molecule is CC(Oc1ccc(NC(=O)OCCO)cc1)C(=O)OCCOC(=O)COc1ccc(NC(=O)OCCO)cc1. The Balaban J connectivity index is 1.61. The highest BCUT2D eigenvalue weighted by Crippen LogP contribution is 2.18. The predicted octanol–water partition coefficient (Wildman–Crippen LogP) is 1.70. The van der Waals surface area contributed by atoms with E-state index in [1.165, 1.54) is 55.5 Å². The van der Waals surface area contributed by atoms with E-state index in [0.29, 0.717) is 22.9 Å². The minimum Gasteiger partial charge on any atom is -0.482 e. The van der Waals surface area contributed by atoms with Crippen LogP contribution in [-0.4, -0.2) is 86.7 Å². The van der Waals surface area contributed by atoms with E-state index < -0.39 is 30.2 Å². The first-order valence-corrected chi connectivity index (χ1v) is 11.7. The highest BCUT2D eigenvalue weighted by molar-refractivity contribution is 5.85. The summed E-state index contributed by atoms with van der Waals surface area (Å²) < 4.78 is 30.2. The van der Waals surface area contributed by atoms with Crippen molar-refractivity contribution in [2.24, 2.45) is 0 Å². The average molecular weight is 551 g/mol. The lowest BCUT2D eigenvalue weighted by Crippen LogP contribution is -2.28. The topological polar surface area (TPSA) is 188 Å². The van der Waals surface area contributed by atoms with Crippen LogP contribution in [0.1, 0.15) is 6.92 Å². The van der Waals surface area contributed by atoms with E-state index in [-0.39, 0.29) is 46.2 Å². The van der Waals surface area contributed by atoms with Crippen molar-refractivity contribution >= 4 is 35.5 Å². The van der Waals surface area contributed by atoms with Crippen molar-refractivity contribution in [2.75, 3.05) is 56.9 Å². The monoisotopic (exact) mass is 550 g/mol. The second-order valence-corrected chi connectivity index (χ2v) is 7.45. The molecule has 39 heavy (non-hydrogen) atoms. The highest BCUT2D eigenvalue weighted by atomic mass is 16.6. The van der Waals surface area contributed by atoms with Crippen LogP contribution in [-0.2, 0) is 28.5 Å². The van der Waals surface area contributed by atoms with Crippen LogP contribution in [0.25, 0.3) is 0 Å². The predicted molar refractivity (Wildman–Crippen MR) is 134 cm³/mol. The Labute approximate surface area is 223 Å². The summed E-state index contributed by atoms with van der Waals surface area (Å²) in [6.07, 6.45) is -2.39. The Morgan fingerprint density at radius 2 is 1.18 bits per heavy atom. The molecule has 2 aromatic rings. The number of hydrogen-bond donors (Lipinski definition) is 4. The minimum absolute atomic E-state index is 0.122. The van der Waals surface area contributed by atoms with Gasteiger partial charge in [0.1, 0.15) is 37.9 Å². The minimum atomic E-state index is -0.952. The molecule has 2 aromatic carbocycles. The lowest BCUT2D eigenvalue weighted by atomic mass is 10.3. The van der Waals surface area contributed by atoms with Gasteiger partial charge < -0.3 is 38.6 Å². The normalized spacial score (nSPS) is 10.9. The fourth-order valence-electron chi connectivity index (χ4n) is 2.69. The van der Waals surface area contributed by atoms with E-state index >= 15 is 0 Å². The van der Waals surface area contributed by atoms with Crippen molar-refractivity contribution in [1.29, 1.82) is 0 Å². The van der Waals surface area contributed by atoms with Gasteiger partial charge in [-0.15, -0.1) is 0 Å². The summed E-state index contributed by atoms with van der Waals surface area (Å²) in [4.78, 5) is 46.8. The molecule has 14 heteroatoms. The summed E-state index contributed by atoms with van der Waals surface area (Å²) in [6.45, 7) is -0.0877. The van der Waals surface area contributed by atoms with Gasteiger partial charge in [-0.05, 0) is 55.5 Å². The molecule has 0 fully saturated rings.